The molecule has 20 heavy (non-hydrogen) atoms. The molecule has 0 fully saturated rings. The molecule has 0 unspecified atom stereocenters. The van der Waals surface area contributed by atoms with Gasteiger partial charge in [-0.1, -0.05) is 11.6 Å². The normalized spacial score (nSPS) is 14.7. The molecular formula is C14H15FN2O3. The average molecular weight is 278 g/mol. The van der Waals surface area contributed by atoms with Gasteiger partial charge in [-0.05, 0) is 31.5 Å². The van der Waals surface area contributed by atoms with E-state index in [0.717, 1.165) is 24.6 Å². The number of nitrogens with one attached hydrogen (secondary N) is 1. The lowest BCUT2D eigenvalue weighted by molar-refractivity contribution is 0.0698. The molecule has 0 saturated heterocycles. The summed E-state index contributed by atoms with van der Waals surface area (Å²) in [7, 11) is 0. The maximum Gasteiger partial charge on any atom is 0.337 e. The molecule has 1 heterocycles. The van der Waals surface area contributed by atoms with Gasteiger partial charge < -0.3 is 15.3 Å². The van der Waals surface area contributed by atoms with E-state index in [1.165, 1.54) is 5.57 Å². The lowest BCUT2D eigenvalue weighted by Crippen LogP contribution is -2.38. The van der Waals surface area contributed by atoms with E-state index in [1.54, 1.807) is 4.90 Å². The predicted octanol–water partition coefficient (Wildman–Crippen LogP) is 2.71. The summed E-state index contributed by atoms with van der Waals surface area (Å²) < 4.78 is 13.2. The van der Waals surface area contributed by atoms with Crippen LogP contribution in [0, 0.1) is 5.82 Å². The SMILES string of the molecule is CC1=CCN(C(=O)Nc2cc(F)ccc2C(=O)O)CC1. The minimum Gasteiger partial charge on any atom is -0.478 e. The molecule has 1 aliphatic rings. The predicted molar refractivity (Wildman–Crippen MR) is 72.3 cm³/mol. The zero-order valence-electron chi connectivity index (χ0n) is 11.0. The number of urea groups is 1. The van der Waals surface area contributed by atoms with Crippen molar-refractivity contribution in [2.75, 3.05) is 18.4 Å². The maximum atomic E-state index is 13.2. The van der Waals surface area contributed by atoms with Gasteiger partial charge >= 0.3 is 12.0 Å². The van der Waals surface area contributed by atoms with Gasteiger partial charge in [0, 0.05) is 13.1 Å². The van der Waals surface area contributed by atoms with Crippen LogP contribution in [0.4, 0.5) is 14.9 Å². The molecule has 0 aliphatic carbocycles. The average Bonchev–Trinajstić information content (AvgIpc) is 2.39. The number of hydrogen-bond acceptors (Lipinski definition) is 2. The Morgan fingerprint density at radius 3 is 2.75 bits per heavy atom. The van der Waals surface area contributed by atoms with Gasteiger partial charge in [-0.25, -0.2) is 14.0 Å². The molecule has 2 rings (SSSR count). The fourth-order valence-corrected chi connectivity index (χ4v) is 1.96. The van der Waals surface area contributed by atoms with Gasteiger partial charge in [0.25, 0.3) is 0 Å². The van der Waals surface area contributed by atoms with Crippen LogP contribution in [-0.4, -0.2) is 35.1 Å². The molecule has 5 nitrogen and oxygen atoms in total. The summed E-state index contributed by atoms with van der Waals surface area (Å²) in [5, 5.41) is 11.5. The molecule has 0 atom stereocenters. The molecule has 0 bridgehead atoms. The third-order valence-electron chi connectivity index (χ3n) is 3.18. The van der Waals surface area contributed by atoms with Crippen molar-refractivity contribution in [2.45, 2.75) is 13.3 Å². The Morgan fingerprint density at radius 1 is 1.40 bits per heavy atom. The Morgan fingerprint density at radius 2 is 2.15 bits per heavy atom. The van der Waals surface area contributed by atoms with Crippen molar-refractivity contribution in [1.29, 1.82) is 0 Å². The second-order valence-corrected chi connectivity index (χ2v) is 4.67. The highest BCUT2D eigenvalue weighted by molar-refractivity contribution is 6.00. The fraction of sp³-hybridized carbons (Fsp3) is 0.286. The highest BCUT2D eigenvalue weighted by Crippen LogP contribution is 2.19. The van der Waals surface area contributed by atoms with Crippen LogP contribution in [-0.2, 0) is 0 Å². The number of benzene rings is 1. The van der Waals surface area contributed by atoms with E-state index in [-0.39, 0.29) is 11.3 Å². The van der Waals surface area contributed by atoms with Crippen LogP contribution in [0.15, 0.2) is 29.8 Å². The van der Waals surface area contributed by atoms with Gasteiger partial charge in [-0.2, -0.15) is 0 Å². The van der Waals surface area contributed by atoms with Crippen molar-refractivity contribution in [1.82, 2.24) is 4.90 Å². The molecule has 0 radical (unpaired) electrons. The summed E-state index contributed by atoms with van der Waals surface area (Å²) in [4.78, 5) is 24.6. The third kappa shape index (κ3) is 3.14. The zero-order chi connectivity index (χ0) is 14.7. The van der Waals surface area contributed by atoms with Crippen molar-refractivity contribution in [3.8, 4) is 0 Å². The van der Waals surface area contributed by atoms with E-state index in [1.807, 2.05) is 13.0 Å². The second kappa shape index (κ2) is 5.73. The van der Waals surface area contributed by atoms with Crippen molar-refractivity contribution in [3.63, 3.8) is 0 Å². The minimum atomic E-state index is -1.21. The molecule has 1 aromatic rings. The number of halogens is 1. The van der Waals surface area contributed by atoms with E-state index >= 15 is 0 Å². The number of rotatable bonds is 2. The van der Waals surface area contributed by atoms with Crippen LogP contribution in [0.2, 0.25) is 0 Å². The summed E-state index contributed by atoms with van der Waals surface area (Å²) in [6.45, 7) is 3.02. The number of carbonyl (C=O) groups is 2. The number of anilines is 1. The molecule has 0 aromatic heterocycles. The van der Waals surface area contributed by atoms with Gasteiger partial charge in [0.1, 0.15) is 5.82 Å². The largest absolute Gasteiger partial charge is 0.478 e. The van der Waals surface area contributed by atoms with E-state index < -0.39 is 17.8 Å². The van der Waals surface area contributed by atoms with Crippen LogP contribution in [0.3, 0.4) is 0 Å². The highest BCUT2D eigenvalue weighted by Gasteiger charge is 2.19. The number of carboxylic acids is 1. The molecule has 0 saturated carbocycles. The topological polar surface area (TPSA) is 69.6 Å². The highest BCUT2D eigenvalue weighted by atomic mass is 19.1. The molecule has 2 N–H and O–H groups in total. The number of hydrogen-bond donors (Lipinski definition) is 2. The summed E-state index contributed by atoms with van der Waals surface area (Å²) >= 11 is 0. The van der Waals surface area contributed by atoms with Crippen molar-refractivity contribution >= 4 is 17.7 Å². The molecule has 2 amide bonds. The standard InChI is InChI=1S/C14H15FN2O3/c1-9-4-6-17(7-5-9)14(20)16-12-8-10(15)2-3-11(12)13(18)19/h2-4,8H,5-7H2,1H3,(H,16,20)(H,18,19). The first-order chi connectivity index (χ1) is 9.47. The van der Waals surface area contributed by atoms with Crippen LogP contribution < -0.4 is 5.32 Å². The van der Waals surface area contributed by atoms with E-state index in [0.29, 0.717) is 13.1 Å². The van der Waals surface area contributed by atoms with Crippen molar-refractivity contribution < 1.29 is 19.1 Å². The third-order valence-corrected chi connectivity index (χ3v) is 3.18. The Bertz CT molecular complexity index is 584. The molecule has 1 aromatic carbocycles. The van der Waals surface area contributed by atoms with Crippen LogP contribution >= 0.6 is 0 Å². The van der Waals surface area contributed by atoms with E-state index in [2.05, 4.69) is 5.32 Å². The lowest BCUT2D eigenvalue weighted by atomic mass is 10.1. The van der Waals surface area contributed by atoms with Crippen molar-refractivity contribution in [2.24, 2.45) is 0 Å². The minimum absolute atomic E-state index is 0.0335. The Labute approximate surface area is 115 Å². The fourth-order valence-electron chi connectivity index (χ4n) is 1.96. The second-order valence-electron chi connectivity index (χ2n) is 4.67. The monoisotopic (exact) mass is 278 g/mol. The van der Waals surface area contributed by atoms with Gasteiger partial charge in [0.15, 0.2) is 0 Å². The molecule has 106 valence electrons. The van der Waals surface area contributed by atoms with Crippen molar-refractivity contribution in [3.05, 3.63) is 41.2 Å². The van der Waals surface area contributed by atoms with Crippen LogP contribution in [0.25, 0.3) is 0 Å². The summed E-state index contributed by atoms with van der Waals surface area (Å²) in [5.74, 6) is -1.81. The summed E-state index contributed by atoms with van der Waals surface area (Å²) in [6, 6.07) is 2.76. The first kappa shape index (κ1) is 14.0. The van der Waals surface area contributed by atoms with Crippen LogP contribution in [0.1, 0.15) is 23.7 Å². The first-order valence-corrected chi connectivity index (χ1v) is 6.22. The number of carboxylic acid groups (broad SMARTS) is 1. The van der Waals surface area contributed by atoms with Gasteiger partial charge in [-0.15, -0.1) is 0 Å². The molecule has 0 spiro atoms. The Hall–Kier alpha value is -2.37. The Balaban J connectivity index is 2.15. The Kier molecular flexibility index (Phi) is 4.02. The first-order valence-electron chi connectivity index (χ1n) is 6.22. The van der Waals surface area contributed by atoms with E-state index in [4.69, 9.17) is 5.11 Å². The maximum absolute atomic E-state index is 13.2. The van der Waals surface area contributed by atoms with E-state index in [9.17, 15) is 14.0 Å². The zero-order valence-corrected chi connectivity index (χ0v) is 11.0. The molecular weight excluding hydrogens is 263 g/mol. The summed E-state index contributed by atoms with van der Waals surface area (Å²) in [5.41, 5.74) is 1.04. The number of amides is 2. The van der Waals surface area contributed by atoms with Crippen LogP contribution in [0.5, 0.6) is 0 Å². The number of aromatic carboxylic acids is 1. The quantitative estimate of drug-likeness (QED) is 0.817. The van der Waals surface area contributed by atoms with Gasteiger partial charge in [0.2, 0.25) is 0 Å². The van der Waals surface area contributed by atoms with Gasteiger partial charge in [0.05, 0.1) is 11.3 Å². The number of nitrogens with zero attached hydrogens (tertiary/aromatic N) is 1. The summed E-state index contributed by atoms with van der Waals surface area (Å²) in [6.07, 6.45) is 2.72. The lowest BCUT2D eigenvalue weighted by Gasteiger charge is -2.26. The molecule has 1 aliphatic heterocycles. The smallest absolute Gasteiger partial charge is 0.337 e. The number of carbonyl (C=O) groups excluding carboxylic acids is 1. The molecule has 6 heteroatoms. The van der Waals surface area contributed by atoms with Gasteiger partial charge in [-0.3, -0.25) is 0 Å².